The van der Waals surface area contributed by atoms with Crippen molar-refractivity contribution in [2.45, 2.75) is 16.8 Å². The number of benzene rings is 1. The smallest absolute Gasteiger partial charge is 0.204 e. The van der Waals surface area contributed by atoms with Crippen LogP contribution in [-0.2, 0) is 9.84 Å². The largest absolute Gasteiger partial charge is 0.377 e. The summed E-state index contributed by atoms with van der Waals surface area (Å²) in [5.41, 5.74) is -1.41. The summed E-state index contributed by atoms with van der Waals surface area (Å²) < 4.78 is 22.9. The van der Waals surface area contributed by atoms with Crippen LogP contribution in [0.15, 0.2) is 35.2 Å². The predicted molar refractivity (Wildman–Crippen MR) is 49.6 cm³/mol. The monoisotopic (exact) mass is 199 g/mol. The third-order valence-corrected chi connectivity index (χ3v) is 3.56. The number of sulfone groups is 1. The van der Waals surface area contributed by atoms with E-state index in [4.69, 9.17) is 0 Å². The molecule has 0 spiro atoms. The molecule has 0 aliphatic rings. The van der Waals surface area contributed by atoms with Crippen molar-refractivity contribution in [2.75, 3.05) is 0 Å². The molecule has 0 aromatic heterocycles. The highest BCUT2D eigenvalue weighted by molar-refractivity contribution is 7.91. The molecule has 1 aromatic carbocycles. The maximum atomic E-state index is 11.5. The van der Waals surface area contributed by atoms with E-state index in [-0.39, 0.29) is 11.3 Å². The highest BCUT2D eigenvalue weighted by Gasteiger charge is 2.22. The van der Waals surface area contributed by atoms with E-state index in [2.05, 4.69) is 6.92 Å². The van der Waals surface area contributed by atoms with Crippen LogP contribution < -0.4 is 0 Å². The fraction of sp³-hybridized carbons (Fsp3) is 0.222. The van der Waals surface area contributed by atoms with Gasteiger partial charge < -0.3 is 5.11 Å². The zero-order chi connectivity index (χ0) is 9.90. The SMILES string of the molecule is [CH2]CC(O)S(=O)(=O)c1ccccc1. The molecule has 1 radical (unpaired) electrons. The Morgan fingerprint density at radius 1 is 1.31 bits per heavy atom. The maximum absolute atomic E-state index is 11.5. The maximum Gasteiger partial charge on any atom is 0.204 e. The van der Waals surface area contributed by atoms with E-state index >= 15 is 0 Å². The third kappa shape index (κ3) is 2.08. The van der Waals surface area contributed by atoms with Gasteiger partial charge in [0.1, 0.15) is 0 Å². The van der Waals surface area contributed by atoms with E-state index in [1.807, 2.05) is 0 Å². The van der Waals surface area contributed by atoms with Gasteiger partial charge in [-0.3, -0.25) is 0 Å². The van der Waals surface area contributed by atoms with Crippen LogP contribution in [0.2, 0.25) is 0 Å². The summed E-state index contributed by atoms with van der Waals surface area (Å²) in [5, 5.41) is 9.19. The lowest BCUT2D eigenvalue weighted by Crippen LogP contribution is -2.19. The summed E-state index contributed by atoms with van der Waals surface area (Å²) in [6.45, 7) is 3.35. The predicted octanol–water partition coefficient (Wildman–Crippen LogP) is 1.00. The average molecular weight is 199 g/mol. The Kier molecular flexibility index (Phi) is 3.06. The molecular weight excluding hydrogens is 188 g/mol. The summed E-state index contributed by atoms with van der Waals surface area (Å²) in [7, 11) is -3.60. The number of aliphatic hydroxyl groups is 1. The minimum Gasteiger partial charge on any atom is -0.377 e. The van der Waals surface area contributed by atoms with E-state index in [9.17, 15) is 13.5 Å². The van der Waals surface area contributed by atoms with Crippen molar-refractivity contribution >= 4 is 9.84 Å². The fourth-order valence-corrected chi connectivity index (χ4v) is 2.08. The number of aliphatic hydroxyl groups excluding tert-OH is 1. The number of hydrogen-bond donors (Lipinski definition) is 1. The lowest BCUT2D eigenvalue weighted by atomic mass is 10.4. The van der Waals surface area contributed by atoms with E-state index in [0.717, 1.165) is 0 Å². The summed E-state index contributed by atoms with van der Waals surface area (Å²) in [4.78, 5) is 0.131. The molecule has 0 fully saturated rings. The lowest BCUT2D eigenvalue weighted by Gasteiger charge is -2.08. The first kappa shape index (κ1) is 10.2. The van der Waals surface area contributed by atoms with Gasteiger partial charge in [-0.1, -0.05) is 18.2 Å². The molecule has 1 aromatic rings. The van der Waals surface area contributed by atoms with Crippen LogP contribution in [0.3, 0.4) is 0 Å². The average Bonchev–Trinajstić information content (AvgIpc) is 2.18. The molecular formula is C9H11O3S. The van der Waals surface area contributed by atoms with Crippen molar-refractivity contribution in [1.29, 1.82) is 0 Å². The zero-order valence-electron chi connectivity index (χ0n) is 7.05. The van der Waals surface area contributed by atoms with Gasteiger partial charge in [-0.25, -0.2) is 8.42 Å². The molecule has 13 heavy (non-hydrogen) atoms. The lowest BCUT2D eigenvalue weighted by molar-refractivity contribution is 0.251. The minimum absolute atomic E-state index is 0.0444. The second-order valence-electron chi connectivity index (χ2n) is 2.60. The van der Waals surface area contributed by atoms with E-state index < -0.39 is 15.3 Å². The Morgan fingerprint density at radius 2 is 1.85 bits per heavy atom. The zero-order valence-corrected chi connectivity index (χ0v) is 7.87. The topological polar surface area (TPSA) is 54.4 Å². The van der Waals surface area contributed by atoms with Crippen LogP contribution in [0.25, 0.3) is 0 Å². The summed E-state index contributed by atoms with van der Waals surface area (Å²) in [6.07, 6.45) is -0.0444. The molecule has 3 nitrogen and oxygen atoms in total. The highest BCUT2D eigenvalue weighted by atomic mass is 32.2. The highest BCUT2D eigenvalue weighted by Crippen LogP contribution is 2.15. The molecule has 1 unspecified atom stereocenters. The van der Waals surface area contributed by atoms with Crippen molar-refractivity contribution < 1.29 is 13.5 Å². The van der Waals surface area contributed by atoms with Gasteiger partial charge in [-0.05, 0) is 25.5 Å². The Balaban J connectivity index is 3.09. The molecule has 0 heterocycles. The van der Waals surface area contributed by atoms with Gasteiger partial charge in [0, 0.05) is 0 Å². The van der Waals surface area contributed by atoms with Gasteiger partial charge in [0.05, 0.1) is 4.90 Å². The second-order valence-corrected chi connectivity index (χ2v) is 4.71. The Morgan fingerprint density at radius 3 is 2.31 bits per heavy atom. The van der Waals surface area contributed by atoms with Gasteiger partial charge in [0.25, 0.3) is 0 Å². The molecule has 1 rings (SSSR count). The summed E-state index contributed by atoms with van der Waals surface area (Å²) in [6, 6.07) is 7.85. The van der Waals surface area contributed by atoms with Crippen molar-refractivity contribution in [3.05, 3.63) is 37.3 Å². The number of hydrogen-bond acceptors (Lipinski definition) is 3. The van der Waals surface area contributed by atoms with Gasteiger partial charge >= 0.3 is 0 Å². The quantitative estimate of drug-likeness (QED) is 0.790. The first-order valence-electron chi connectivity index (χ1n) is 3.85. The third-order valence-electron chi connectivity index (χ3n) is 1.68. The summed E-state index contributed by atoms with van der Waals surface area (Å²) >= 11 is 0. The van der Waals surface area contributed by atoms with Crippen LogP contribution in [0.1, 0.15) is 6.42 Å². The molecule has 71 valence electrons. The van der Waals surface area contributed by atoms with Gasteiger partial charge in [0.15, 0.2) is 5.44 Å². The molecule has 1 N–H and O–H groups in total. The van der Waals surface area contributed by atoms with Crippen LogP contribution in [0.4, 0.5) is 0 Å². The van der Waals surface area contributed by atoms with Crippen molar-refractivity contribution in [2.24, 2.45) is 0 Å². The number of rotatable bonds is 3. The molecule has 1 atom stereocenters. The van der Waals surface area contributed by atoms with Gasteiger partial charge in [-0.2, -0.15) is 0 Å². The van der Waals surface area contributed by atoms with Gasteiger partial charge in [0.2, 0.25) is 9.84 Å². The van der Waals surface area contributed by atoms with Crippen LogP contribution in [0.5, 0.6) is 0 Å². The standard InChI is InChI=1S/C9H11O3S/c1-2-9(10)13(11,12)8-6-4-3-5-7-8/h3-7,9-10H,1-2H2. The molecule has 0 saturated carbocycles. The molecule has 4 heteroatoms. The molecule has 0 bridgehead atoms. The molecule has 0 saturated heterocycles. The Labute approximate surface area is 77.9 Å². The molecule has 0 aliphatic carbocycles. The fourth-order valence-electron chi connectivity index (χ4n) is 0.922. The van der Waals surface area contributed by atoms with E-state index in [0.29, 0.717) is 0 Å². The second kappa shape index (κ2) is 3.89. The first-order valence-corrected chi connectivity index (χ1v) is 5.40. The first-order chi connectivity index (χ1) is 6.09. The van der Waals surface area contributed by atoms with E-state index in [1.165, 1.54) is 12.1 Å². The van der Waals surface area contributed by atoms with Crippen LogP contribution in [-0.4, -0.2) is 19.0 Å². The van der Waals surface area contributed by atoms with Crippen LogP contribution in [0, 0.1) is 6.92 Å². The van der Waals surface area contributed by atoms with E-state index in [1.54, 1.807) is 18.2 Å². The minimum atomic E-state index is -3.60. The Hall–Kier alpha value is -0.870. The normalized spacial score (nSPS) is 14.0. The van der Waals surface area contributed by atoms with Gasteiger partial charge in [-0.15, -0.1) is 0 Å². The summed E-state index contributed by atoms with van der Waals surface area (Å²) in [5.74, 6) is 0. The Bertz CT molecular complexity index is 356. The molecule has 0 aliphatic heterocycles. The van der Waals surface area contributed by atoms with Crippen molar-refractivity contribution in [3.8, 4) is 0 Å². The van der Waals surface area contributed by atoms with Crippen molar-refractivity contribution in [3.63, 3.8) is 0 Å². The van der Waals surface area contributed by atoms with Crippen molar-refractivity contribution in [1.82, 2.24) is 0 Å². The van der Waals surface area contributed by atoms with Crippen LogP contribution >= 0.6 is 0 Å². The molecule has 0 amide bonds.